The minimum atomic E-state index is 0.685. The highest BCUT2D eigenvalue weighted by Gasteiger charge is 2.03. The Balaban J connectivity index is 1.94. The normalized spacial score (nSPS) is 10.4. The van der Waals surface area contributed by atoms with Crippen LogP contribution < -0.4 is 4.74 Å². The minimum absolute atomic E-state index is 0.685. The molecule has 0 aliphatic rings. The first kappa shape index (κ1) is 10.7. The van der Waals surface area contributed by atoms with Crippen LogP contribution in [0.25, 0.3) is 0 Å². The molecule has 0 aliphatic carbocycles. The van der Waals surface area contributed by atoms with Gasteiger partial charge in [-0.3, -0.25) is 0 Å². The Morgan fingerprint density at radius 1 is 1.19 bits per heavy atom. The molecule has 0 aliphatic heterocycles. The largest absolute Gasteiger partial charge is 0.497 e. The third-order valence-electron chi connectivity index (χ3n) is 2.36. The molecule has 0 unspecified atom stereocenters. The standard InChI is InChI=1S/C12H14N2O2/c1-9-13-12(16-14-9)8-5-10-3-6-11(15-2)7-4-10/h3-4,6-7H,5,8H2,1-2H3. The van der Waals surface area contributed by atoms with Gasteiger partial charge in [-0.15, -0.1) is 0 Å². The van der Waals surface area contributed by atoms with Crippen LogP contribution in [-0.4, -0.2) is 17.3 Å². The van der Waals surface area contributed by atoms with Gasteiger partial charge in [0.2, 0.25) is 5.89 Å². The molecule has 0 N–H and O–H groups in total. The number of methoxy groups -OCH3 is 1. The zero-order valence-corrected chi connectivity index (χ0v) is 9.43. The lowest BCUT2D eigenvalue weighted by molar-refractivity contribution is 0.374. The van der Waals surface area contributed by atoms with Crippen molar-refractivity contribution in [1.29, 1.82) is 0 Å². The van der Waals surface area contributed by atoms with Crippen LogP contribution in [0.2, 0.25) is 0 Å². The van der Waals surface area contributed by atoms with Gasteiger partial charge in [-0.05, 0) is 31.0 Å². The van der Waals surface area contributed by atoms with Gasteiger partial charge >= 0.3 is 0 Å². The van der Waals surface area contributed by atoms with Crippen molar-refractivity contribution < 1.29 is 9.26 Å². The average Bonchev–Trinajstić information content (AvgIpc) is 2.73. The van der Waals surface area contributed by atoms with E-state index in [9.17, 15) is 0 Å². The third-order valence-corrected chi connectivity index (χ3v) is 2.36. The Bertz CT molecular complexity index is 448. The Labute approximate surface area is 94.2 Å². The molecule has 1 aromatic carbocycles. The Hall–Kier alpha value is -1.84. The summed E-state index contributed by atoms with van der Waals surface area (Å²) in [6.45, 7) is 1.82. The van der Waals surface area contributed by atoms with E-state index in [-0.39, 0.29) is 0 Å². The summed E-state index contributed by atoms with van der Waals surface area (Å²) in [5.74, 6) is 2.25. The lowest BCUT2D eigenvalue weighted by atomic mass is 10.1. The van der Waals surface area contributed by atoms with Crippen molar-refractivity contribution in [2.45, 2.75) is 19.8 Å². The quantitative estimate of drug-likeness (QED) is 0.789. The molecule has 84 valence electrons. The molecule has 0 spiro atoms. The maximum Gasteiger partial charge on any atom is 0.226 e. The molecule has 1 aromatic heterocycles. The van der Waals surface area contributed by atoms with Gasteiger partial charge < -0.3 is 9.26 Å². The maximum atomic E-state index is 5.09. The molecule has 1 heterocycles. The second-order valence-corrected chi connectivity index (χ2v) is 3.58. The second-order valence-electron chi connectivity index (χ2n) is 3.58. The first-order valence-corrected chi connectivity index (χ1v) is 5.20. The third kappa shape index (κ3) is 2.59. The van der Waals surface area contributed by atoms with Gasteiger partial charge in [-0.2, -0.15) is 4.98 Å². The summed E-state index contributed by atoms with van der Waals surface area (Å²) >= 11 is 0. The zero-order chi connectivity index (χ0) is 11.4. The van der Waals surface area contributed by atoms with Crippen LogP contribution in [0.3, 0.4) is 0 Å². The molecule has 2 aromatic rings. The van der Waals surface area contributed by atoms with Crippen molar-refractivity contribution in [3.05, 3.63) is 41.5 Å². The van der Waals surface area contributed by atoms with Crippen LogP contribution in [-0.2, 0) is 12.8 Å². The fourth-order valence-electron chi connectivity index (χ4n) is 1.49. The van der Waals surface area contributed by atoms with Crippen LogP contribution in [0.4, 0.5) is 0 Å². The molecule has 0 bridgehead atoms. The molecule has 2 rings (SSSR count). The lowest BCUT2D eigenvalue weighted by Gasteiger charge is -2.01. The second kappa shape index (κ2) is 4.79. The molecule has 0 fully saturated rings. The van der Waals surface area contributed by atoms with E-state index in [1.807, 2.05) is 31.2 Å². The van der Waals surface area contributed by atoms with E-state index < -0.39 is 0 Å². The summed E-state index contributed by atoms with van der Waals surface area (Å²) < 4.78 is 10.1. The van der Waals surface area contributed by atoms with E-state index >= 15 is 0 Å². The van der Waals surface area contributed by atoms with Gasteiger partial charge in [0, 0.05) is 6.42 Å². The summed E-state index contributed by atoms with van der Waals surface area (Å²) in [5, 5.41) is 3.75. The van der Waals surface area contributed by atoms with Gasteiger partial charge in [0.1, 0.15) is 5.75 Å². The number of aromatic nitrogens is 2. The van der Waals surface area contributed by atoms with Gasteiger partial charge in [-0.25, -0.2) is 0 Å². The number of ether oxygens (including phenoxy) is 1. The average molecular weight is 218 g/mol. The monoisotopic (exact) mass is 218 g/mol. The number of hydrogen-bond donors (Lipinski definition) is 0. The lowest BCUT2D eigenvalue weighted by Crippen LogP contribution is -1.92. The van der Waals surface area contributed by atoms with Gasteiger partial charge in [0.15, 0.2) is 5.82 Å². The Kier molecular flexibility index (Phi) is 3.19. The molecule has 16 heavy (non-hydrogen) atoms. The van der Waals surface area contributed by atoms with Gasteiger partial charge in [0.25, 0.3) is 0 Å². The van der Waals surface area contributed by atoms with E-state index in [4.69, 9.17) is 9.26 Å². The van der Waals surface area contributed by atoms with Crippen molar-refractivity contribution in [3.8, 4) is 5.75 Å². The van der Waals surface area contributed by atoms with Crippen LogP contribution in [0.5, 0.6) is 5.75 Å². The highest BCUT2D eigenvalue weighted by atomic mass is 16.5. The summed E-state index contributed by atoms with van der Waals surface area (Å²) in [7, 11) is 1.66. The van der Waals surface area contributed by atoms with Crippen molar-refractivity contribution in [2.24, 2.45) is 0 Å². The fraction of sp³-hybridized carbons (Fsp3) is 0.333. The molecular formula is C12H14N2O2. The zero-order valence-electron chi connectivity index (χ0n) is 9.43. The predicted molar refractivity (Wildman–Crippen MR) is 59.4 cm³/mol. The van der Waals surface area contributed by atoms with Crippen molar-refractivity contribution in [1.82, 2.24) is 10.1 Å². The molecule has 0 saturated heterocycles. The molecule has 4 nitrogen and oxygen atoms in total. The summed E-state index contributed by atoms with van der Waals surface area (Å²) in [4.78, 5) is 4.16. The van der Waals surface area contributed by atoms with Gasteiger partial charge in [-0.1, -0.05) is 17.3 Å². The first-order chi connectivity index (χ1) is 7.78. The molecular weight excluding hydrogens is 204 g/mol. The topological polar surface area (TPSA) is 48.2 Å². The SMILES string of the molecule is COc1ccc(CCc2nc(C)no2)cc1. The molecule has 0 saturated carbocycles. The molecule has 4 heteroatoms. The van der Waals surface area contributed by atoms with Crippen LogP contribution in [0.15, 0.2) is 28.8 Å². The first-order valence-electron chi connectivity index (χ1n) is 5.20. The van der Waals surface area contributed by atoms with E-state index in [0.717, 1.165) is 18.6 Å². The predicted octanol–water partition coefficient (Wildman–Crippen LogP) is 2.17. The summed E-state index contributed by atoms with van der Waals surface area (Å²) in [5.41, 5.74) is 1.23. The van der Waals surface area contributed by atoms with Crippen LogP contribution >= 0.6 is 0 Å². The summed E-state index contributed by atoms with van der Waals surface area (Å²) in [6, 6.07) is 7.99. The Morgan fingerprint density at radius 3 is 2.50 bits per heavy atom. The van der Waals surface area contributed by atoms with Crippen molar-refractivity contribution in [2.75, 3.05) is 7.11 Å². The highest BCUT2D eigenvalue weighted by molar-refractivity contribution is 5.27. The number of rotatable bonds is 4. The minimum Gasteiger partial charge on any atom is -0.497 e. The molecule has 0 atom stereocenters. The van der Waals surface area contributed by atoms with E-state index in [0.29, 0.717) is 11.7 Å². The number of nitrogens with zero attached hydrogens (tertiary/aromatic N) is 2. The molecule has 0 amide bonds. The van der Waals surface area contributed by atoms with Crippen LogP contribution in [0.1, 0.15) is 17.3 Å². The van der Waals surface area contributed by atoms with Crippen LogP contribution in [0, 0.1) is 6.92 Å². The van der Waals surface area contributed by atoms with Crippen molar-refractivity contribution >= 4 is 0 Å². The van der Waals surface area contributed by atoms with E-state index in [2.05, 4.69) is 10.1 Å². The van der Waals surface area contributed by atoms with Crippen molar-refractivity contribution in [3.63, 3.8) is 0 Å². The number of benzene rings is 1. The highest BCUT2D eigenvalue weighted by Crippen LogP contribution is 2.12. The molecule has 0 radical (unpaired) electrons. The number of aryl methyl sites for hydroxylation is 3. The fourth-order valence-corrected chi connectivity index (χ4v) is 1.49. The van der Waals surface area contributed by atoms with E-state index in [1.165, 1.54) is 5.56 Å². The summed E-state index contributed by atoms with van der Waals surface area (Å²) in [6.07, 6.45) is 1.67. The smallest absolute Gasteiger partial charge is 0.226 e. The van der Waals surface area contributed by atoms with E-state index in [1.54, 1.807) is 7.11 Å². The number of hydrogen-bond acceptors (Lipinski definition) is 4. The Morgan fingerprint density at radius 2 is 1.94 bits per heavy atom. The maximum absolute atomic E-state index is 5.09. The van der Waals surface area contributed by atoms with Gasteiger partial charge in [0.05, 0.1) is 7.11 Å².